The van der Waals surface area contributed by atoms with Gasteiger partial charge in [0.05, 0.1) is 16.4 Å². The second kappa shape index (κ2) is 10.7. The topological polar surface area (TPSA) is 65.9 Å². The molecule has 0 saturated heterocycles. The lowest BCUT2D eigenvalue weighted by Crippen LogP contribution is -2.42. The summed E-state index contributed by atoms with van der Waals surface area (Å²) in [6.07, 6.45) is -3.26. The van der Waals surface area contributed by atoms with Crippen molar-refractivity contribution < 1.29 is 23.1 Å². The Bertz CT molecular complexity index is 1280. The van der Waals surface area contributed by atoms with Gasteiger partial charge in [0.25, 0.3) is 5.60 Å². The van der Waals surface area contributed by atoms with Crippen LogP contribution in [0.25, 0.3) is 6.08 Å². The Morgan fingerprint density at radius 3 is 2.36 bits per heavy atom. The lowest BCUT2D eigenvalue weighted by molar-refractivity contribution is -0.275. The molecule has 0 aromatic heterocycles. The number of alkyl halides is 3. The third-order valence-corrected chi connectivity index (χ3v) is 6.21. The first-order chi connectivity index (χ1) is 17.1. The molecule has 0 bridgehead atoms. The van der Waals surface area contributed by atoms with Gasteiger partial charge in [-0.25, -0.2) is 5.43 Å². The Morgan fingerprint density at radius 1 is 1.00 bits per heavy atom. The molecule has 0 saturated carbocycles. The molecule has 2 atom stereocenters. The summed E-state index contributed by atoms with van der Waals surface area (Å²) in [4.78, 5) is 5.04. The summed E-state index contributed by atoms with van der Waals surface area (Å²) in [6.45, 7) is 0. The minimum atomic E-state index is -4.81. The third-order valence-electron chi connectivity index (χ3n) is 5.44. The van der Waals surface area contributed by atoms with E-state index in [1.54, 1.807) is 6.08 Å². The van der Waals surface area contributed by atoms with E-state index in [0.717, 1.165) is 17.7 Å². The molecule has 4 rings (SSSR count). The Hall–Kier alpha value is -2.75. The highest BCUT2D eigenvalue weighted by Gasteiger charge is 2.62. The first-order valence-electron chi connectivity index (χ1n) is 10.6. The number of hydrogen-bond acceptors (Lipinski definition) is 5. The summed E-state index contributed by atoms with van der Waals surface area (Å²) in [7, 11) is 0. The van der Waals surface area contributed by atoms with Crippen molar-refractivity contribution in [2.75, 3.05) is 5.43 Å². The molecule has 1 aliphatic heterocycles. The van der Waals surface area contributed by atoms with Crippen LogP contribution >= 0.6 is 34.8 Å². The molecule has 0 amide bonds. The summed E-state index contributed by atoms with van der Waals surface area (Å²) >= 11 is 18.1. The number of nitrogens with zero attached hydrogens (tertiary/aromatic N) is 1. The molecule has 188 valence electrons. The number of benzene rings is 3. The van der Waals surface area contributed by atoms with Gasteiger partial charge >= 0.3 is 6.18 Å². The summed E-state index contributed by atoms with van der Waals surface area (Å²) in [5, 5.41) is 14.3. The summed E-state index contributed by atoms with van der Waals surface area (Å²) in [6, 6.07) is 17.5. The Morgan fingerprint density at radius 2 is 1.69 bits per heavy atom. The molecule has 36 heavy (non-hydrogen) atoms. The fourth-order valence-corrected chi connectivity index (χ4v) is 4.30. The largest absolute Gasteiger partial charge is 0.435 e. The minimum Gasteiger partial charge on any atom is -0.374 e. The number of aliphatic hydroxyl groups excluding tert-OH is 1. The molecule has 3 aromatic carbocycles. The zero-order valence-electron chi connectivity index (χ0n) is 18.4. The van der Waals surface area contributed by atoms with Gasteiger partial charge in [-0.05, 0) is 42.0 Å². The Labute approximate surface area is 220 Å². The molecule has 3 N–H and O–H groups in total. The number of hydrogen-bond donors (Lipinski definition) is 3. The summed E-state index contributed by atoms with van der Waals surface area (Å²) in [5.74, 6) is 0. The normalized spacial score (nSPS) is 18.7. The standard InChI is InChI=1S/C25H19Cl3F3N3O2/c26-18-11-17(12-19(27)13-18)24(25(29,30)31)14-22(34-36-24)16-7-8-20(28)21(10-16)32-33-23(35)9-6-15-4-2-1-3-5-15/h1-13,23,32-33,35H,14H2/b9-6+. The van der Waals surface area contributed by atoms with Crippen molar-refractivity contribution in [2.24, 2.45) is 5.16 Å². The summed E-state index contributed by atoms with van der Waals surface area (Å²) in [5.41, 5.74) is 4.04. The molecule has 3 aromatic rings. The van der Waals surface area contributed by atoms with Crippen LogP contribution in [0.1, 0.15) is 23.1 Å². The minimum absolute atomic E-state index is 0.0436. The van der Waals surface area contributed by atoms with Crippen LogP contribution in [0.4, 0.5) is 18.9 Å². The molecule has 0 aliphatic carbocycles. The number of oxime groups is 1. The van der Waals surface area contributed by atoms with Crippen molar-refractivity contribution in [3.63, 3.8) is 0 Å². The average molecular weight is 557 g/mol. The van der Waals surface area contributed by atoms with Crippen molar-refractivity contribution in [3.8, 4) is 0 Å². The van der Waals surface area contributed by atoms with Gasteiger partial charge in [0.1, 0.15) is 6.23 Å². The van der Waals surface area contributed by atoms with Crippen molar-refractivity contribution >= 4 is 52.3 Å². The third kappa shape index (κ3) is 5.79. The molecule has 0 fully saturated rings. The van der Waals surface area contributed by atoms with Crippen LogP contribution < -0.4 is 10.9 Å². The second-order valence-electron chi connectivity index (χ2n) is 7.97. The number of aliphatic hydroxyl groups is 1. The van der Waals surface area contributed by atoms with Gasteiger partial charge in [0.2, 0.25) is 0 Å². The molecule has 5 nitrogen and oxygen atoms in total. The molecular formula is C25H19Cl3F3N3O2. The SMILES string of the molecule is OC(/C=C/c1ccccc1)NNc1cc(C2=NOC(c3cc(Cl)cc(Cl)c3)(C(F)(F)F)C2)ccc1Cl. The van der Waals surface area contributed by atoms with Gasteiger partial charge in [0, 0.05) is 27.6 Å². The van der Waals surface area contributed by atoms with Crippen molar-refractivity contribution in [1.29, 1.82) is 0 Å². The van der Waals surface area contributed by atoms with E-state index in [1.807, 2.05) is 30.3 Å². The molecule has 11 heteroatoms. The fourth-order valence-electron chi connectivity index (χ4n) is 3.61. The number of hydrazine groups is 1. The maximum Gasteiger partial charge on any atom is 0.435 e. The van der Waals surface area contributed by atoms with Gasteiger partial charge in [-0.1, -0.05) is 82.4 Å². The first kappa shape index (κ1) is 26.3. The van der Waals surface area contributed by atoms with E-state index in [-0.39, 0.29) is 26.3 Å². The Balaban J connectivity index is 1.52. The van der Waals surface area contributed by atoms with Crippen LogP contribution in [0.5, 0.6) is 0 Å². The van der Waals surface area contributed by atoms with Crippen LogP contribution in [0.15, 0.2) is 78.0 Å². The average Bonchev–Trinajstić information content (AvgIpc) is 3.29. The van der Waals surface area contributed by atoms with Crippen LogP contribution in [-0.4, -0.2) is 23.2 Å². The quantitative estimate of drug-likeness (QED) is 0.213. The zero-order chi connectivity index (χ0) is 25.9. The number of nitrogens with one attached hydrogen (secondary N) is 2. The van der Waals surface area contributed by atoms with Gasteiger partial charge in [-0.3, -0.25) is 0 Å². The van der Waals surface area contributed by atoms with Gasteiger partial charge in [0.15, 0.2) is 0 Å². The number of halogens is 6. The van der Waals surface area contributed by atoms with E-state index in [1.165, 1.54) is 30.3 Å². The summed E-state index contributed by atoms with van der Waals surface area (Å²) < 4.78 is 42.7. The molecular weight excluding hydrogens is 538 g/mol. The highest BCUT2D eigenvalue weighted by Crippen LogP contribution is 2.49. The lowest BCUT2D eigenvalue weighted by Gasteiger charge is -2.29. The van der Waals surface area contributed by atoms with E-state index < -0.39 is 24.4 Å². The van der Waals surface area contributed by atoms with E-state index in [0.29, 0.717) is 11.3 Å². The molecule has 0 spiro atoms. The number of anilines is 1. The fraction of sp³-hybridized carbons (Fsp3) is 0.160. The van der Waals surface area contributed by atoms with Crippen LogP contribution in [0.2, 0.25) is 15.1 Å². The van der Waals surface area contributed by atoms with Crippen molar-refractivity contribution in [1.82, 2.24) is 5.43 Å². The van der Waals surface area contributed by atoms with E-state index in [4.69, 9.17) is 39.6 Å². The van der Waals surface area contributed by atoms with Crippen molar-refractivity contribution in [2.45, 2.75) is 24.4 Å². The highest BCUT2D eigenvalue weighted by molar-refractivity contribution is 6.34. The van der Waals surface area contributed by atoms with E-state index >= 15 is 0 Å². The first-order valence-corrected chi connectivity index (χ1v) is 11.7. The predicted molar refractivity (Wildman–Crippen MR) is 136 cm³/mol. The van der Waals surface area contributed by atoms with Crippen LogP contribution in [-0.2, 0) is 10.4 Å². The van der Waals surface area contributed by atoms with Gasteiger partial charge in [-0.15, -0.1) is 0 Å². The zero-order valence-corrected chi connectivity index (χ0v) is 20.6. The monoisotopic (exact) mass is 555 g/mol. The maximum absolute atomic E-state index is 14.2. The van der Waals surface area contributed by atoms with E-state index in [2.05, 4.69) is 16.0 Å². The highest BCUT2D eigenvalue weighted by atomic mass is 35.5. The van der Waals surface area contributed by atoms with Gasteiger partial charge in [-0.2, -0.15) is 13.2 Å². The van der Waals surface area contributed by atoms with Gasteiger partial charge < -0.3 is 15.4 Å². The second-order valence-corrected chi connectivity index (χ2v) is 9.25. The predicted octanol–water partition coefficient (Wildman–Crippen LogP) is 7.18. The van der Waals surface area contributed by atoms with E-state index in [9.17, 15) is 18.3 Å². The lowest BCUT2D eigenvalue weighted by atomic mass is 9.86. The molecule has 2 unspecified atom stereocenters. The van der Waals surface area contributed by atoms with Crippen LogP contribution in [0.3, 0.4) is 0 Å². The van der Waals surface area contributed by atoms with Crippen LogP contribution in [0, 0.1) is 0 Å². The Kier molecular flexibility index (Phi) is 7.82. The van der Waals surface area contributed by atoms with Crippen molar-refractivity contribution in [3.05, 3.63) is 105 Å². The molecule has 1 aliphatic rings. The molecule has 0 radical (unpaired) electrons. The smallest absolute Gasteiger partial charge is 0.374 e. The number of rotatable bonds is 7. The molecule has 1 heterocycles. The maximum atomic E-state index is 14.2.